The van der Waals surface area contributed by atoms with E-state index in [1.165, 1.54) is 24.3 Å². The van der Waals surface area contributed by atoms with Crippen LogP contribution in [0.1, 0.15) is 65.8 Å². The molecule has 0 aliphatic carbocycles. The minimum absolute atomic E-state index is 0.0600. The number of hydrogen-bond donors (Lipinski definition) is 0. The third kappa shape index (κ3) is 4.40. The van der Waals surface area contributed by atoms with Crippen molar-refractivity contribution >= 4 is 29.3 Å². The van der Waals surface area contributed by atoms with Gasteiger partial charge in [-0.3, -0.25) is 14.4 Å². The Morgan fingerprint density at radius 2 is 1.54 bits per heavy atom. The van der Waals surface area contributed by atoms with Gasteiger partial charge in [-0.05, 0) is 63.2 Å². The third-order valence-electron chi connectivity index (χ3n) is 6.12. The predicted molar refractivity (Wildman–Crippen MR) is 129 cm³/mol. The van der Waals surface area contributed by atoms with Gasteiger partial charge in [0, 0.05) is 24.1 Å². The normalized spacial score (nSPS) is 13.7. The summed E-state index contributed by atoms with van der Waals surface area (Å²) in [5, 5.41) is 0. The van der Waals surface area contributed by atoms with Crippen LogP contribution < -0.4 is 4.90 Å². The number of anilines is 1. The van der Waals surface area contributed by atoms with E-state index in [1.54, 1.807) is 37.4 Å². The van der Waals surface area contributed by atoms with Crippen LogP contribution in [0.5, 0.6) is 0 Å². The van der Waals surface area contributed by atoms with Gasteiger partial charge in [0.25, 0.3) is 11.8 Å². The molecule has 0 fully saturated rings. The number of benzene rings is 2. The number of imide groups is 1. The molecule has 8 heteroatoms. The highest BCUT2D eigenvalue weighted by molar-refractivity contribution is 6.34. The molecule has 0 saturated carbocycles. The SMILES string of the molecule is COC[C@@H](C)n1c(C)cc(C(=O)COC(=O)c2ccc(N3C(=O)c4ccccc4C3=O)cc2)c1C. The molecule has 0 N–H and O–H groups in total. The van der Waals surface area contributed by atoms with E-state index in [9.17, 15) is 19.2 Å². The smallest absolute Gasteiger partial charge is 0.338 e. The molecular formula is C27H26N2O6. The molecule has 180 valence electrons. The fourth-order valence-electron chi connectivity index (χ4n) is 4.52. The van der Waals surface area contributed by atoms with Crippen LogP contribution in [0.15, 0.2) is 54.6 Å². The van der Waals surface area contributed by atoms with Gasteiger partial charge in [0.05, 0.1) is 35.0 Å². The lowest BCUT2D eigenvalue weighted by molar-refractivity contribution is 0.0474. The zero-order valence-corrected chi connectivity index (χ0v) is 20.0. The number of aromatic nitrogens is 1. The van der Waals surface area contributed by atoms with Gasteiger partial charge in [-0.25, -0.2) is 9.69 Å². The standard InChI is InChI=1S/C27H26N2O6/c1-16-13-23(18(3)28(16)17(2)14-34-4)24(30)15-35-27(33)19-9-11-20(12-10-19)29-25(31)21-7-5-6-8-22(21)26(29)32/h5-13,17H,14-15H2,1-4H3/t17-/m1/s1. The number of carbonyl (C=O) groups excluding carboxylic acids is 4. The second kappa shape index (κ2) is 9.68. The van der Waals surface area contributed by atoms with Crippen LogP contribution in [-0.4, -0.2) is 48.5 Å². The van der Waals surface area contributed by atoms with E-state index in [1.807, 2.05) is 25.3 Å². The summed E-state index contributed by atoms with van der Waals surface area (Å²) < 4.78 is 12.5. The van der Waals surface area contributed by atoms with Crippen LogP contribution in [0.25, 0.3) is 0 Å². The Morgan fingerprint density at radius 3 is 2.11 bits per heavy atom. The van der Waals surface area contributed by atoms with Gasteiger partial charge in [-0.1, -0.05) is 12.1 Å². The Morgan fingerprint density at radius 1 is 0.943 bits per heavy atom. The zero-order chi connectivity index (χ0) is 25.3. The quantitative estimate of drug-likeness (QED) is 0.277. The fraction of sp³-hybridized carbons (Fsp3) is 0.259. The molecule has 1 aliphatic heterocycles. The molecular weight excluding hydrogens is 448 g/mol. The van der Waals surface area contributed by atoms with E-state index in [2.05, 4.69) is 0 Å². The lowest BCUT2D eigenvalue weighted by atomic mass is 10.1. The molecule has 1 aromatic heterocycles. The Kier molecular flexibility index (Phi) is 6.66. The third-order valence-corrected chi connectivity index (χ3v) is 6.12. The molecule has 0 bridgehead atoms. The van der Waals surface area contributed by atoms with Crippen molar-refractivity contribution in [3.63, 3.8) is 0 Å². The average Bonchev–Trinajstić information content (AvgIpc) is 3.29. The van der Waals surface area contributed by atoms with Crippen molar-refractivity contribution in [2.24, 2.45) is 0 Å². The van der Waals surface area contributed by atoms with Gasteiger partial charge in [-0.2, -0.15) is 0 Å². The van der Waals surface area contributed by atoms with E-state index in [4.69, 9.17) is 9.47 Å². The van der Waals surface area contributed by atoms with Gasteiger partial charge in [0.1, 0.15) is 0 Å². The summed E-state index contributed by atoms with van der Waals surface area (Å²) >= 11 is 0. The number of carbonyl (C=O) groups is 4. The number of hydrogen-bond acceptors (Lipinski definition) is 6. The predicted octanol–water partition coefficient (Wildman–Crippen LogP) is 4.15. The summed E-state index contributed by atoms with van der Waals surface area (Å²) in [6.45, 7) is 5.88. The highest BCUT2D eigenvalue weighted by Crippen LogP contribution is 2.28. The van der Waals surface area contributed by atoms with Crippen molar-refractivity contribution in [2.45, 2.75) is 26.8 Å². The van der Waals surface area contributed by atoms with Gasteiger partial charge < -0.3 is 14.0 Å². The van der Waals surface area contributed by atoms with Crippen molar-refractivity contribution < 1.29 is 28.7 Å². The molecule has 0 radical (unpaired) electrons. The molecule has 2 amide bonds. The van der Waals surface area contributed by atoms with Crippen molar-refractivity contribution in [3.8, 4) is 0 Å². The number of fused-ring (bicyclic) bond motifs is 1. The largest absolute Gasteiger partial charge is 0.454 e. The van der Waals surface area contributed by atoms with Crippen molar-refractivity contribution in [3.05, 3.63) is 88.2 Å². The molecule has 1 atom stereocenters. The Balaban J connectivity index is 1.42. The van der Waals surface area contributed by atoms with Crippen molar-refractivity contribution in [2.75, 3.05) is 25.2 Å². The first-order chi connectivity index (χ1) is 16.7. The van der Waals surface area contributed by atoms with Gasteiger partial charge in [0.2, 0.25) is 5.78 Å². The minimum Gasteiger partial charge on any atom is -0.454 e. The average molecular weight is 475 g/mol. The Bertz CT molecular complexity index is 1290. The summed E-state index contributed by atoms with van der Waals surface area (Å²) in [6.07, 6.45) is 0. The first-order valence-corrected chi connectivity index (χ1v) is 11.2. The van der Waals surface area contributed by atoms with Gasteiger partial charge >= 0.3 is 5.97 Å². The molecule has 4 rings (SSSR count). The maximum atomic E-state index is 12.8. The highest BCUT2D eigenvalue weighted by atomic mass is 16.5. The van der Waals surface area contributed by atoms with Crippen molar-refractivity contribution in [1.82, 2.24) is 4.57 Å². The summed E-state index contributed by atoms with van der Waals surface area (Å²) in [7, 11) is 1.63. The summed E-state index contributed by atoms with van der Waals surface area (Å²) in [6, 6.07) is 14.4. The maximum Gasteiger partial charge on any atom is 0.338 e. The number of aryl methyl sites for hydroxylation is 1. The van der Waals surface area contributed by atoms with E-state index >= 15 is 0 Å². The van der Waals surface area contributed by atoms with Crippen LogP contribution in [0.3, 0.4) is 0 Å². The first-order valence-electron chi connectivity index (χ1n) is 11.2. The molecule has 8 nitrogen and oxygen atoms in total. The number of esters is 1. The molecule has 0 spiro atoms. The molecule has 35 heavy (non-hydrogen) atoms. The second-order valence-electron chi connectivity index (χ2n) is 8.50. The van der Waals surface area contributed by atoms with E-state index in [0.717, 1.165) is 16.3 Å². The molecule has 0 unspecified atom stereocenters. The Labute approximate surface area is 203 Å². The van der Waals surface area contributed by atoms with E-state index in [-0.39, 0.29) is 17.4 Å². The zero-order valence-electron chi connectivity index (χ0n) is 20.0. The summed E-state index contributed by atoms with van der Waals surface area (Å²) in [4.78, 5) is 51.6. The molecule has 0 saturated heterocycles. The minimum atomic E-state index is -0.672. The number of ketones is 1. The van der Waals surface area contributed by atoms with Crippen LogP contribution >= 0.6 is 0 Å². The van der Waals surface area contributed by atoms with Gasteiger partial charge in [-0.15, -0.1) is 0 Å². The van der Waals surface area contributed by atoms with Crippen LogP contribution in [0, 0.1) is 13.8 Å². The lowest BCUT2D eigenvalue weighted by Crippen LogP contribution is -2.29. The molecule has 1 aliphatic rings. The molecule has 2 aromatic carbocycles. The molecule has 2 heterocycles. The van der Waals surface area contributed by atoms with E-state index in [0.29, 0.717) is 29.0 Å². The fourth-order valence-corrected chi connectivity index (χ4v) is 4.52. The highest BCUT2D eigenvalue weighted by Gasteiger charge is 2.36. The van der Waals surface area contributed by atoms with Crippen LogP contribution in [0.2, 0.25) is 0 Å². The van der Waals surface area contributed by atoms with Crippen molar-refractivity contribution in [1.29, 1.82) is 0 Å². The van der Waals surface area contributed by atoms with Gasteiger partial charge in [0.15, 0.2) is 6.61 Å². The first kappa shape index (κ1) is 24.1. The number of Topliss-reactive ketones (excluding diaryl/α,β-unsaturated/α-hetero) is 1. The molecule has 3 aromatic rings. The topological polar surface area (TPSA) is 94.9 Å². The van der Waals surface area contributed by atoms with Crippen LogP contribution in [0.4, 0.5) is 5.69 Å². The number of amides is 2. The maximum absolute atomic E-state index is 12.8. The number of methoxy groups -OCH3 is 1. The second-order valence-corrected chi connectivity index (χ2v) is 8.50. The van der Waals surface area contributed by atoms with E-state index < -0.39 is 24.4 Å². The number of ether oxygens (including phenoxy) is 2. The monoisotopic (exact) mass is 474 g/mol. The van der Waals surface area contributed by atoms with Crippen LogP contribution in [-0.2, 0) is 9.47 Å². The lowest BCUT2D eigenvalue weighted by Gasteiger charge is -2.17. The number of nitrogens with zero attached hydrogens (tertiary/aromatic N) is 2. The number of rotatable bonds is 8. The summed E-state index contributed by atoms with van der Waals surface area (Å²) in [5.74, 6) is -1.80. The summed E-state index contributed by atoms with van der Waals surface area (Å²) in [5.41, 5.74) is 3.45. The Hall–Kier alpha value is -4.04.